The molecular weight excluding hydrogens is 280 g/mol. The molecule has 0 saturated carbocycles. The van der Waals surface area contributed by atoms with Crippen LogP contribution in [0.25, 0.3) is 0 Å². The highest BCUT2D eigenvalue weighted by Crippen LogP contribution is 2.23. The Hall–Kier alpha value is -0.490. The number of nitrogens with zero attached hydrogens (tertiary/aromatic N) is 2. The maximum absolute atomic E-state index is 12.7. The van der Waals surface area contributed by atoms with Gasteiger partial charge in [0.15, 0.2) is 0 Å². The summed E-state index contributed by atoms with van der Waals surface area (Å²) in [4.78, 5) is 0. The zero-order valence-electron chi connectivity index (χ0n) is 9.60. The predicted octanol–water partition coefficient (Wildman–Crippen LogP) is 2.37. The number of halogens is 3. The summed E-state index contributed by atoms with van der Waals surface area (Å²) >= 11 is 3.39. The van der Waals surface area contributed by atoms with Gasteiger partial charge >= 0.3 is 0 Å². The molecule has 0 spiro atoms. The number of alkyl halides is 2. The van der Waals surface area contributed by atoms with Crippen molar-refractivity contribution in [3.05, 3.63) is 15.9 Å². The molecule has 3 nitrogen and oxygen atoms in total. The second kappa shape index (κ2) is 5.72. The van der Waals surface area contributed by atoms with Crippen molar-refractivity contribution < 1.29 is 8.78 Å². The number of nitrogens with one attached hydrogen (secondary N) is 1. The summed E-state index contributed by atoms with van der Waals surface area (Å²) in [7, 11) is 1.55. The van der Waals surface area contributed by atoms with Crippen LogP contribution in [0, 0.1) is 6.92 Å². The number of hydrogen-bond acceptors (Lipinski definition) is 2. The van der Waals surface area contributed by atoms with Gasteiger partial charge in [-0.05, 0) is 36.8 Å². The molecule has 0 fully saturated rings. The molecule has 0 aliphatic rings. The standard InChI is InChI=1S/C10H16BrF2N3/c1-4-16-8(9(11)6(2)15-16)5-7(14-3)10(12)13/h7,10,14H,4-5H2,1-3H3. The third-order valence-corrected chi connectivity index (χ3v) is 3.57. The molecule has 0 bridgehead atoms. The van der Waals surface area contributed by atoms with Gasteiger partial charge in [-0.3, -0.25) is 4.68 Å². The van der Waals surface area contributed by atoms with Crippen molar-refractivity contribution in [2.75, 3.05) is 7.05 Å². The van der Waals surface area contributed by atoms with Crippen molar-refractivity contribution in [1.29, 1.82) is 0 Å². The SMILES string of the molecule is CCn1nc(C)c(Br)c1CC(NC)C(F)F. The van der Waals surface area contributed by atoms with Crippen LogP contribution in [0.2, 0.25) is 0 Å². The molecule has 16 heavy (non-hydrogen) atoms. The van der Waals surface area contributed by atoms with E-state index in [0.29, 0.717) is 6.54 Å². The average Bonchev–Trinajstić information content (AvgIpc) is 2.51. The van der Waals surface area contributed by atoms with Crippen LogP contribution in [-0.4, -0.2) is 29.3 Å². The molecule has 0 radical (unpaired) electrons. The summed E-state index contributed by atoms with van der Waals surface area (Å²) in [6.45, 7) is 4.48. The lowest BCUT2D eigenvalue weighted by molar-refractivity contribution is 0.101. The first-order valence-corrected chi connectivity index (χ1v) is 5.97. The Kier molecular flexibility index (Phi) is 4.86. The van der Waals surface area contributed by atoms with E-state index in [1.165, 1.54) is 0 Å². The van der Waals surface area contributed by atoms with E-state index in [1.54, 1.807) is 11.7 Å². The van der Waals surface area contributed by atoms with Gasteiger partial charge in [0.05, 0.1) is 21.9 Å². The van der Waals surface area contributed by atoms with Crippen molar-refractivity contribution in [2.24, 2.45) is 0 Å². The van der Waals surface area contributed by atoms with Gasteiger partial charge < -0.3 is 5.32 Å². The molecule has 0 saturated heterocycles. The third kappa shape index (κ3) is 2.79. The van der Waals surface area contributed by atoms with Crippen molar-refractivity contribution in [3.63, 3.8) is 0 Å². The lowest BCUT2D eigenvalue weighted by Crippen LogP contribution is -2.35. The number of rotatable bonds is 5. The fraction of sp³-hybridized carbons (Fsp3) is 0.700. The Morgan fingerprint density at radius 2 is 2.12 bits per heavy atom. The van der Waals surface area contributed by atoms with Crippen molar-refractivity contribution in [2.45, 2.75) is 39.3 Å². The number of hydrogen-bond donors (Lipinski definition) is 1. The van der Waals surface area contributed by atoms with E-state index in [-0.39, 0.29) is 6.42 Å². The number of aryl methyl sites for hydroxylation is 2. The minimum Gasteiger partial charge on any atom is -0.312 e. The molecule has 1 N–H and O–H groups in total. The van der Waals surface area contributed by atoms with Crippen LogP contribution in [0.15, 0.2) is 4.47 Å². The normalized spacial score (nSPS) is 13.4. The Labute approximate surface area is 102 Å². The van der Waals surface area contributed by atoms with E-state index < -0.39 is 12.5 Å². The lowest BCUT2D eigenvalue weighted by atomic mass is 10.1. The van der Waals surface area contributed by atoms with E-state index in [2.05, 4.69) is 26.3 Å². The molecule has 1 unspecified atom stereocenters. The molecule has 1 rings (SSSR count). The molecule has 0 amide bonds. The van der Waals surface area contributed by atoms with Crippen molar-refractivity contribution in [1.82, 2.24) is 15.1 Å². The van der Waals surface area contributed by atoms with Crippen LogP contribution in [0.5, 0.6) is 0 Å². The predicted molar refractivity (Wildman–Crippen MR) is 62.9 cm³/mol. The Bertz CT molecular complexity index is 352. The Morgan fingerprint density at radius 3 is 2.56 bits per heavy atom. The second-order valence-corrected chi connectivity index (χ2v) is 4.39. The quantitative estimate of drug-likeness (QED) is 0.904. The first kappa shape index (κ1) is 13.6. The largest absolute Gasteiger partial charge is 0.312 e. The molecular formula is C10H16BrF2N3. The summed E-state index contributed by atoms with van der Waals surface area (Å²) in [5.41, 5.74) is 1.65. The molecule has 1 aromatic rings. The van der Waals surface area contributed by atoms with Crippen LogP contribution >= 0.6 is 15.9 Å². The van der Waals surface area contributed by atoms with Gasteiger partial charge in [0.25, 0.3) is 6.43 Å². The van der Waals surface area contributed by atoms with Gasteiger partial charge in [-0.25, -0.2) is 8.78 Å². The Balaban J connectivity index is 2.94. The lowest BCUT2D eigenvalue weighted by Gasteiger charge is -2.15. The fourth-order valence-corrected chi connectivity index (χ4v) is 2.04. The monoisotopic (exact) mass is 295 g/mol. The molecule has 1 atom stereocenters. The van der Waals surface area contributed by atoms with E-state index in [0.717, 1.165) is 15.9 Å². The third-order valence-electron chi connectivity index (χ3n) is 2.54. The van der Waals surface area contributed by atoms with Gasteiger partial charge in [0.2, 0.25) is 0 Å². The zero-order valence-corrected chi connectivity index (χ0v) is 11.2. The highest BCUT2D eigenvalue weighted by molar-refractivity contribution is 9.10. The van der Waals surface area contributed by atoms with Crippen LogP contribution in [0.4, 0.5) is 8.78 Å². The maximum Gasteiger partial charge on any atom is 0.254 e. The smallest absolute Gasteiger partial charge is 0.254 e. The van der Waals surface area contributed by atoms with Gasteiger partial charge in [-0.2, -0.15) is 5.10 Å². The highest BCUT2D eigenvalue weighted by atomic mass is 79.9. The van der Waals surface area contributed by atoms with Gasteiger partial charge in [0.1, 0.15) is 0 Å². The van der Waals surface area contributed by atoms with Crippen LogP contribution in [-0.2, 0) is 13.0 Å². The molecule has 1 heterocycles. The number of likely N-dealkylation sites (N-methyl/N-ethyl adjacent to an activating group) is 1. The van der Waals surface area contributed by atoms with E-state index in [1.807, 2.05) is 13.8 Å². The summed E-state index contributed by atoms with van der Waals surface area (Å²) in [6.07, 6.45) is -2.11. The van der Waals surface area contributed by atoms with E-state index in [9.17, 15) is 8.78 Å². The first-order chi connectivity index (χ1) is 7.51. The van der Waals surface area contributed by atoms with E-state index >= 15 is 0 Å². The fourth-order valence-electron chi connectivity index (χ4n) is 1.59. The molecule has 0 aliphatic heterocycles. The van der Waals surface area contributed by atoms with Crippen LogP contribution < -0.4 is 5.32 Å². The van der Waals surface area contributed by atoms with Gasteiger partial charge in [0, 0.05) is 13.0 Å². The molecule has 6 heteroatoms. The van der Waals surface area contributed by atoms with E-state index in [4.69, 9.17) is 0 Å². The summed E-state index contributed by atoms with van der Waals surface area (Å²) in [5.74, 6) is 0. The molecule has 1 aromatic heterocycles. The zero-order chi connectivity index (χ0) is 12.3. The highest BCUT2D eigenvalue weighted by Gasteiger charge is 2.23. The second-order valence-electron chi connectivity index (χ2n) is 3.60. The minimum absolute atomic E-state index is 0.267. The molecule has 0 aliphatic carbocycles. The van der Waals surface area contributed by atoms with Crippen LogP contribution in [0.3, 0.4) is 0 Å². The number of aromatic nitrogens is 2. The van der Waals surface area contributed by atoms with Crippen molar-refractivity contribution in [3.8, 4) is 0 Å². The summed E-state index contributed by atoms with van der Waals surface area (Å²) < 4.78 is 27.9. The summed E-state index contributed by atoms with van der Waals surface area (Å²) in [6, 6.07) is -0.835. The Morgan fingerprint density at radius 1 is 1.50 bits per heavy atom. The van der Waals surface area contributed by atoms with Gasteiger partial charge in [-0.1, -0.05) is 0 Å². The average molecular weight is 296 g/mol. The first-order valence-electron chi connectivity index (χ1n) is 5.18. The van der Waals surface area contributed by atoms with Crippen molar-refractivity contribution >= 4 is 15.9 Å². The minimum atomic E-state index is -2.38. The molecule has 92 valence electrons. The summed E-state index contributed by atoms with van der Waals surface area (Å²) in [5, 5.41) is 6.90. The maximum atomic E-state index is 12.7. The van der Waals surface area contributed by atoms with Crippen LogP contribution in [0.1, 0.15) is 18.3 Å². The molecule has 0 aromatic carbocycles. The van der Waals surface area contributed by atoms with Gasteiger partial charge in [-0.15, -0.1) is 0 Å². The topological polar surface area (TPSA) is 29.9 Å².